The molecule has 0 aliphatic carbocycles. The quantitative estimate of drug-likeness (QED) is 0.748. The molecule has 0 aromatic carbocycles. The van der Waals surface area contributed by atoms with Crippen LogP contribution in [0.25, 0.3) is 0 Å². The summed E-state index contributed by atoms with van der Waals surface area (Å²) in [6.45, 7) is 6.62. The van der Waals surface area contributed by atoms with Crippen LogP contribution in [0.2, 0.25) is 0 Å². The molecular formula is C15H24F3NO. The number of carbonyl (C=O) groups excluding carboxylic acids is 1. The van der Waals surface area contributed by atoms with E-state index in [4.69, 9.17) is 0 Å². The van der Waals surface area contributed by atoms with Crippen molar-refractivity contribution in [3.8, 4) is 0 Å². The lowest BCUT2D eigenvalue weighted by atomic mass is 9.73. The van der Waals surface area contributed by atoms with Gasteiger partial charge in [0.2, 0.25) is 5.91 Å². The van der Waals surface area contributed by atoms with Crippen LogP contribution in [-0.2, 0) is 4.79 Å². The van der Waals surface area contributed by atoms with E-state index >= 15 is 0 Å². The zero-order valence-corrected chi connectivity index (χ0v) is 12.5. The first-order valence-electron chi connectivity index (χ1n) is 7.46. The van der Waals surface area contributed by atoms with Gasteiger partial charge in [0, 0.05) is 18.5 Å². The van der Waals surface area contributed by atoms with E-state index in [1.54, 1.807) is 4.90 Å². The Hall–Kier alpha value is -0.740. The normalized spacial score (nSPS) is 30.7. The van der Waals surface area contributed by atoms with Crippen LogP contribution < -0.4 is 0 Å². The lowest BCUT2D eigenvalue weighted by Gasteiger charge is -2.44. The van der Waals surface area contributed by atoms with Gasteiger partial charge in [0.1, 0.15) is 0 Å². The summed E-state index contributed by atoms with van der Waals surface area (Å²) in [5.74, 6) is 0.258. The van der Waals surface area contributed by atoms with Gasteiger partial charge in [0.25, 0.3) is 0 Å². The van der Waals surface area contributed by atoms with Crippen molar-refractivity contribution in [2.75, 3.05) is 0 Å². The summed E-state index contributed by atoms with van der Waals surface area (Å²) >= 11 is 0. The monoisotopic (exact) mass is 291 g/mol. The molecule has 1 amide bonds. The van der Waals surface area contributed by atoms with Crippen molar-refractivity contribution in [3.63, 3.8) is 0 Å². The molecule has 0 aromatic rings. The van der Waals surface area contributed by atoms with Crippen LogP contribution in [0.1, 0.15) is 59.3 Å². The Morgan fingerprint density at radius 1 is 1.10 bits per heavy atom. The number of amides is 1. The molecule has 0 radical (unpaired) electrons. The molecule has 2 aliphatic heterocycles. The fourth-order valence-electron chi connectivity index (χ4n) is 3.67. The second-order valence-electron chi connectivity index (χ2n) is 7.34. The molecule has 2 heterocycles. The van der Waals surface area contributed by atoms with Crippen molar-refractivity contribution in [3.05, 3.63) is 0 Å². The van der Waals surface area contributed by atoms with Gasteiger partial charge in [-0.2, -0.15) is 13.2 Å². The highest BCUT2D eigenvalue weighted by atomic mass is 19.4. The molecule has 2 nitrogen and oxygen atoms in total. The first-order chi connectivity index (χ1) is 9.08. The Morgan fingerprint density at radius 2 is 1.60 bits per heavy atom. The zero-order chi connectivity index (χ0) is 15.1. The zero-order valence-electron chi connectivity index (χ0n) is 12.5. The molecule has 0 unspecified atom stereocenters. The Kier molecular flexibility index (Phi) is 4.09. The highest BCUT2D eigenvalue weighted by Gasteiger charge is 2.46. The van der Waals surface area contributed by atoms with Gasteiger partial charge in [-0.25, -0.2) is 0 Å². The lowest BCUT2D eigenvalue weighted by Crippen LogP contribution is -2.48. The van der Waals surface area contributed by atoms with E-state index in [0.717, 1.165) is 25.7 Å². The standard InChI is InChI=1S/C15H24F3NO/c1-14(2,3)10-8-11-4-5-12(9-10)19(11)13(20)6-7-15(16,17)18/h10-12H,4-9H2,1-3H3/t10-,11+,12-. The maximum Gasteiger partial charge on any atom is 0.389 e. The van der Waals surface area contributed by atoms with Crippen LogP contribution in [0, 0.1) is 11.3 Å². The molecule has 5 heteroatoms. The van der Waals surface area contributed by atoms with E-state index in [2.05, 4.69) is 20.8 Å². The summed E-state index contributed by atoms with van der Waals surface area (Å²) in [4.78, 5) is 13.9. The first-order valence-corrected chi connectivity index (χ1v) is 7.46. The molecule has 20 heavy (non-hydrogen) atoms. The summed E-state index contributed by atoms with van der Waals surface area (Å²) < 4.78 is 36.7. The minimum absolute atomic E-state index is 0.165. The highest BCUT2D eigenvalue weighted by Crippen LogP contribution is 2.45. The lowest BCUT2D eigenvalue weighted by molar-refractivity contribution is -0.152. The smallest absolute Gasteiger partial charge is 0.337 e. The topological polar surface area (TPSA) is 20.3 Å². The number of halogens is 3. The van der Waals surface area contributed by atoms with Gasteiger partial charge in [-0.3, -0.25) is 4.79 Å². The van der Waals surface area contributed by atoms with E-state index in [9.17, 15) is 18.0 Å². The first kappa shape index (κ1) is 15.6. The van der Waals surface area contributed by atoms with Crippen LogP contribution in [-0.4, -0.2) is 29.1 Å². The second-order valence-corrected chi connectivity index (χ2v) is 7.34. The van der Waals surface area contributed by atoms with Gasteiger partial charge in [-0.15, -0.1) is 0 Å². The number of rotatable bonds is 2. The van der Waals surface area contributed by atoms with Crippen molar-refractivity contribution < 1.29 is 18.0 Å². The van der Waals surface area contributed by atoms with Crippen LogP contribution in [0.15, 0.2) is 0 Å². The van der Waals surface area contributed by atoms with Gasteiger partial charge in [0.15, 0.2) is 0 Å². The minimum Gasteiger partial charge on any atom is -0.337 e. The number of piperidine rings is 1. The van der Waals surface area contributed by atoms with Crippen molar-refractivity contribution >= 4 is 5.91 Å². The van der Waals surface area contributed by atoms with Gasteiger partial charge in [-0.05, 0) is 37.0 Å². The molecule has 0 saturated carbocycles. The molecule has 2 bridgehead atoms. The summed E-state index contributed by atoms with van der Waals surface area (Å²) in [7, 11) is 0. The third kappa shape index (κ3) is 3.47. The Bertz CT molecular complexity index is 358. The van der Waals surface area contributed by atoms with Gasteiger partial charge < -0.3 is 4.90 Å². The average Bonchev–Trinajstić information content (AvgIpc) is 2.54. The maximum absolute atomic E-state index is 12.2. The Morgan fingerprint density at radius 3 is 2.00 bits per heavy atom. The molecule has 116 valence electrons. The summed E-state index contributed by atoms with van der Waals surface area (Å²) in [5.41, 5.74) is 0.210. The van der Waals surface area contributed by atoms with Crippen molar-refractivity contribution in [2.24, 2.45) is 11.3 Å². The number of nitrogens with zero attached hydrogens (tertiary/aromatic N) is 1. The average molecular weight is 291 g/mol. The van der Waals surface area contributed by atoms with Gasteiger partial charge >= 0.3 is 6.18 Å². The largest absolute Gasteiger partial charge is 0.389 e. The molecule has 2 fully saturated rings. The van der Waals surface area contributed by atoms with Crippen LogP contribution in [0.5, 0.6) is 0 Å². The summed E-state index contributed by atoms with van der Waals surface area (Å²) in [6, 6.07) is 0.331. The van der Waals surface area contributed by atoms with Crippen molar-refractivity contribution in [1.29, 1.82) is 0 Å². The molecule has 0 spiro atoms. The SMILES string of the molecule is CC(C)(C)[C@H]1C[C@H]2CC[C@@H](C1)N2C(=O)CCC(F)(F)F. The van der Waals surface area contributed by atoms with E-state index in [0.29, 0.717) is 5.92 Å². The van der Waals surface area contributed by atoms with Crippen LogP contribution in [0.3, 0.4) is 0 Å². The predicted octanol–water partition coefficient (Wildman–Crippen LogP) is 4.14. The van der Waals surface area contributed by atoms with Gasteiger partial charge in [-0.1, -0.05) is 20.8 Å². The summed E-state index contributed by atoms with van der Waals surface area (Å²) in [5, 5.41) is 0. The number of alkyl halides is 3. The Labute approximate surface area is 118 Å². The number of carbonyl (C=O) groups is 1. The van der Waals surface area contributed by atoms with Crippen LogP contribution >= 0.6 is 0 Å². The number of fused-ring (bicyclic) bond motifs is 2. The maximum atomic E-state index is 12.2. The molecule has 0 aromatic heterocycles. The third-order valence-electron chi connectivity index (χ3n) is 4.87. The molecule has 2 saturated heterocycles. The highest BCUT2D eigenvalue weighted by molar-refractivity contribution is 5.77. The minimum atomic E-state index is -4.24. The van der Waals surface area contributed by atoms with Crippen molar-refractivity contribution in [2.45, 2.75) is 77.6 Å². The fraction of sp³-hybridized carbons (Fsp3) is 0.933. The van der Waals surface area contributed by atoms with E-state index in [1.807, 2.05) is 0 Å². The summed E-state index contributed by atoms with van der Waals surface area (Å²) in [6.07, 6.45) is -1.83. The molecule has 3 atom stereocenters. The van der Waals surface area contributed by atoms with E-state index in [-0.39, 0.29) is 23.4 Å². The molecule has 2 aliphatic rings. The molecule has 2 rings (SSSR count). The molecule has 0 N–H and O–H groups in total. The fourth-order valence-corrected chi connectivity index (χ4v) is 3.67. The predicted molar refractivity (Wildman–Crippen MR) is 71.1 cm³/mol. The van der Waals surface area contributed by atoms with Crippen LogP contribution in [0.4, 0.5) is 13.2 Å². The number of hydrogen-bond donors (Lipinski definition) is 0. The van der Waals surface area contributed by atoms with Crippen molar-refractivity contribution in [1.82, 2.24) is 4.90 Å². The third-order valence-corrected chi connectivity index (χ3v) is 4.87. The Balaban J connectivity index is 1.97. The second kappa shape index (κ2) is 5.23. The van der Waals surface area contributed by atoms with Gasteiger partial charge in [0.05, 0.1) is 6.42 Å². The van der Waals surface area contributed by atoms with E-state index < -0.39 is 19.0 Å². The number of hydrogen-bond acceptors (Lipinski definition) is 1. The van der Waals surface area contributed by atoms with E-state index in [1.165, 1.54) is 0 Å². The molecular weight excluding hydrogens is 267 g/mol.